The summed E-state index contributed by atoms with van der Waals surface area (Å²) in [5, 5.41) is 11.6. The minimum absolute atomic E-state index is 0.104. The van der Waals surface area contributed by atoms with Crippen LogP contribution < -0.4 is 10.6 Å². The maximum absolute atomic E-state index is 12.5. The molecule has 8 heteroatoms. The van der Waals surface area contributed by atoms with Crippen LogP contribution in [-0.4, -0.2) is 47.7 Å². The van der Waals surface area contributed by atoms with Crippen LogP contribution in [0.25, 0.3) is 0 Å². The van der Waals surface area contributed by atoms with Crippen molar-refractivity contribution in [2.24, 2.45) is 11.0 Å². The van der Waals surface area contributed by atoms with Gasteiger partial charge in [-0.05, 0) is 32.1 Å². The Hall–Kier alpha value is -2.64. The van der Waals surface area contributed by atoms with Crippen molar-refractivity contribution in [2.45, 2.75) is 45.1 Å². The summed E-state index contributed by atoms with van der Waals surface area (Å²) in [7, 11) is 0. The number of hydrogen-bond acceptors (Lipinski definition) is 6. The molecule has 1 aliphatic carbocycles. The van der Waals surface area contributed by atoms with Gasteiger partial charge in [-0.3, -0.25) is 14.6 Å². The minimum Gasteiger partial charge on any atom is -0.438 e. The summed E-state index contributed by atoms with van der Waals surface area (Å²) in [5.74, 6) is 0.380. The Morgan fingerprint density at radius 3 is 2.92 bits per heavy atom. The molecule has 2 heterocycles. The first-order valence-electron chi connectivity index (χ1n) is 9.02. The molecule has 2 aliphatic rings. The van der Waals surface area contributed by atoms with E-state index in [0.717, 1.165) is 18.8 Å². The Bertz CT molecular complexity index is 694. The molecule has 8 nitrogen and oxygen atoms in total. The van der Waals surface area contributed by atoms with Gasteiger partial charge >= 0.3 is 0 Å². The summed E-state index contributed by atoms with van der Waals surface area (Å²) in [6.07, 6.45) is 7.56. The van der Waals surface area contributed by atoms with Gasteiger partial charge in [0.2, 0.25) is 11.7 Å². The van der Waals surface area contributed by atoms with Gasteiger partial charge in [0.25, 0.3) is 5.91 Å². The number of aromatic nitrogens is 1. The van der Waals surface area contributed by atoms with Crippen molar-refractivity contribution in [3.8, 4) is 0 Å². The lowest BCUT2D eigenvalue weighted by atomic mass is 9.98. The molecule has 1 saturated carbocycles. The molecule has 2 N–H and O–H groups in total. The molecule has 140 valence electrons. The molecule has 0 aromatic carbocycles. The van der Waals surface area contributed by atoms with Crippen LogP contribution in [0.15, 0.2) is 33.4 Å². The predicted molar refractivity (Wildman–Crippen MR) is 96.3 cm³/mol. The zero-order valence-electron chi connectivity index (χ0n) is 15.0. The van der Waals surface area contributed by atoms with Crippen LogP contribution in [0.2, 0.25) is 0 Å². The van der Waals surface area contributed by atoms with Crippen molar-refractivity contribution in [1.29, 1.82) is 0 Å². The first kappa shape index (κ1) is 18.2. The lowest BCUT2D eigenvalue weighted by Gasteiger charge is -2.29. The number of piperidine rings is 1. The zero-order chi connectivity index (χ0) is 18.5. The van der Waals surface area contributed by atoms with E-state index in [9.17, 15) is 9.59 Å². The molecule has 0 spiro atoms. The quantitative estimate of drug-likeness (QED) is 0.418. The molecule has 1 aromatic heterocycles. The number of carbonyl (C=O) groups excluding carboxylic acids is 2. The SMILES string of the molecule is C=NN(CCC1CC1)/C(CNC(=O)c1cnco1)=C1\CCC(C)NC1=O. The number of hydrogen-bond donors (Lipinski definition) is 2. The van der Waals surface area contributed by atoms with Gasteiger partial charge in [0.15, 0.2) is 6.39 Å². The van der Waals surface area contributed by atoms with Crippen LogP contribution in [0.5, 0.6) is 0 Å². The summed E-state index contributed by atoms with van der Waals surface area (Å²) < 4.78 is 5.01. The minimum atomic E-state index is -0.378. The third-order valence-corrected chi connectivity index (χ3v) is 4.83. The number of carbonyl (C=O) groups is 2. The first-order chi connectivity index (χ1) is 12.6. The number of nitrogens with zero attached hydrogens (tertiary/aromatic N) is 3. The predicted octanol–water partition coefficient (Wildman–Crippen LogP) is 1.67. The van der Waals surface area contributed by atoms with E-state index in [1.54, 1.807) is 5.01 Å². The van der Waals surface area contributed by atoms with Crippen LogP contribution in [0.3, 0.4) is 0 Å². The van der Waals surface area contributed by atoms with Crippen molar-refractivity contribution >= 4 is 18.5 Å². The molecule has 2 amide bonds. The van der Waals surface area contributed by atoms with Gasteiger partial charge in [-0.2, -0.15) is 5.10 Å². The Labute approximate surface area is 152 Å². The zero-order valence-corrected chi connectivity index (χ0v) is 15.0. The molecular formula is C18H25N5O3. The van der Waals surface area contributed by atoms with Gasteiger partial charge in [0.1, 0.15) is 0 Å². The van der Waals surface area contributed by atoms with E-state index >= 15 is 0 Å². The fourth-order valence-electron chi connectivity index (χ4n) is 3.07. The molecule has 3 rings (SSSR count). The standard InChI is InChI=1S/C18H25N5O3/c1-12-3-6-14(17(24)22-12)15(23(19-2)8-7-13-4-5-13)9-21-18(25)16-10-20-11-26-16/h10-13H,2-9H2,1H3,(H,21,25)(H,22,24)/b15-14+. The summed E-state index contributed by atoms with van der Waals surface area (Å²) in [5.41, 5.74) is 1.35. The van der Waals surface area contributed by atoms with Gasteiger partial charge in [-0.25, -0.2) is 4.98 Å². The van der Waals surface area contributed by atoms with E-state index in [1.807, 2.05) is 6.92 Å². The molecule has 2 fully saturated rings. The Kier molecular flexibility index (Phi) is 5.70. The molecule has 0 bridgehead atoms. The van der Waals surface area contributed by atoms with Crippen molar-refractivity contribution in [2.75, 3.05) is 13.1 Å². The second-order valence-electron chi connectivity index (χ2n) is 6.88. The molecule has 1 aliphatic heterocycles. The molecule has 0 radical (unpaired) electrons. The fourth-order valence-corrected chi connectivity index (χ4v) is 3.07. The molecule has 1 unspecified atom stereocenters. The van der Waals surface area contributed by atoms with Gasteiger partial charge in [-0.15, -0.1) is 0 Å². The highest BCUT2D eigenvalue weighted by Crippen LogP contribution is 2.33. The number of hydrazone groups is 1. The molecule has 1 atom stereocenters. The summed E-state index contributed by atoms with van der Waals surface area (Å²) in [6.45, 7) is 6.51. The first-order valence-corrected chi connectivity index (χ1v) is 9.02. The van der Waals surface area contributed by atoms with Gasteiger partial charge in [0.05, 0.1) is 18.4 Å². The van der Waals surface area contributed by atoms with E-state index in [2.05, 4.69) is 27.4 Å². The normalized spacial score (nSPS) is 21.7. The average molecular weight is 359 g/mol. The second kappa shape index (κ2) is 8.16. The maximum atomic E-state index is 12.5. The Morgan fingerprint density at radius 2 is 2.31 bits per heavy atom. The highest BCUT2D eigenvalue weighted by atomic mass is 16.3. The largest absolute Gasteiger partial charge is 0.438 e. The lowest BCUT2D eigenvalue weighted by molar-refractivity contribution is -0.119. The number of amides is 2. The maximum Gasteiger partial charge on any atom is 0.289 e. The van der Waals surface area contributed by atoms with Crippen LogP contribution in [0.4, 0.5) is 0 Å². The number of nitrogens with one attached hydrogen (secondary N) is 2. The van der Waals surface area contributed by atoms with E-state index in [0.29, 0.717) is 24.2 Å². The second-order valence-corrected chi connectivity index (χ2v) is 6.88. The molecule has 1 aromatic rings. The summed E-state index contributed by atoms with van der Waals surface area (Å²) in [4.78, 5) is 28.4. The smallest absolute Gasteiger partial charge is 0.289 e. The van der Waals surface area contributed by atoms with E-state index < -0.39 is 0 Å². The van der Waals surface area contributed by atoms with Crippen LogP contribution in [0, 0.1) is 5.92 Å². The van der Waals surface area contributed by atoms with Crippen molar-refractivity contribution in [3.05, 3.63) is 29.6 Å². The Morgan fingerprint density at radius 1 is 1.50 bits per heavy atom. The summed E-state index contributed by atoms with van der Waals surface area (Å²) >= 11 is 0. The van der Waals surface area contributed by atoms with Crippen LogP contribution >= 0.6 is 0 Å². The molecule has 26 heavy (non-hydrogen) atoms. The van der Waals surface area contributed by atoms with Crippen molar-refractivity contribution in [3.63, 3.8) is 0 Å². The number of oxazole rings is 1. The van der Waals surface area contributed by atoms with Crippen molar-refractivity contribution in [1.82, 2.24) is 20.6 Å². The average Bonchev–Trinajstić information content (AvgIpc) is 3.28. The van der Waals surface area contributed by atoms with E-state index in [4.69, 9.17) is 4.42 Å². The van der Waals surface area contributed by atoms with Gasteiger partial charge in [0, 0.05) is 24.9 Å². The topological polar surface area (TPSA) is 99.8 Å². The van der Waals surface area contributed by atoms with Gasteiger partial charge in [-0.1, -0.05) is 12.8 Å². The van der Waals surface area contributed by atoms with Crippen LogP contribution in [0.1, 0.15) is 49.6 Å². The lowest BCUT2D eigenvalue weighted by Crippen LogP contribution is -2.41. The summed E-state index contributed by atoms with van der Waals surface area (Å²) in [6, 6.07) is 0.146. The highest BCUT2D eigenvalue weighted by Gasteiger charge is 2.28. The Balaban J connectivity index is 1.76. The monoisotopic (exact) mass is 359 g/mol. The molecule has 1 saturated heterocycles. The highest BCUT2D eigenvalue weighted by molar-refractivity contribution is 5.95. The molecular weight excluding hydrogens is 334 g/mol. The van der Waals surface area contributed by atoms with Crippen molar-refractivity contribution < 1.29 is 14.0 Å². The third-order valence-electron chi connectivity index (χ3n) is 4.83. The fraction of sp³-hybridized carbons (Fsp3) is 0.556. The number of rotatable bonds is 8. The van der Waals surface area contributed by atoms with Gasteiger partial charge < -0.3 is 15.1 Å². The van der Waals surface area contributed by atoms with Crippen LogP contribution in [-0.2, 0) is 4.79 Å². The third kappa shape index (κ3) is 4.50. The van der Waals surface area contributed by atoms with E-state index in [1.165, 1.54) is 25.4 Å². The van der Waals surface area contributed by atoms with E-state index in [-0.39, 0.29) is 30.2 Å².